The first-order valence-corrected chi connectivity index (χ1v) is 11.6. The molecule has 1 nitrogen and oxygen atoms in total. The Balaban J connectivity index is 2.03. The summed E-state index contributed by atoms with van der Waals surface area (Å²) < 4.78 is 6.57. The summed E-state index contributed by atoms with van der Waals surface area (Å²) in [6, 6.07) is 25.8. The highest BCUT2D eigenvalue weighted by atomic mass is 28.4. The maximum Gasteiger partial charge on any atom is 0.184 e. The van der Waals surface area contributed by atoms with E-state index in [0.717, 1.165) is 6.42 Å². The first kappa shape index (κ1) is 16.0. The average Bonchev–Trinajstić information content (AvgIpc) is 2.53. The van der Waals surface area contributed by atoms with E-state index < -0.39 is 8.32 Å². The van der Waals surface area contributed by atoms with Crippen LogP contribution in [0.2, 0.25) is 19.6 Å². The van der Waals surface area contributed by atoms with Crippen molar-refractivity contribution in [1.82, 2.24) is 0 Å². The first-order valence-electron chi connectivity index (χ1n) is 8.22. The lowest BCUT2D eigenvalue weighted by molar-refractivity contribution is 0.200. The molecule has 3 aromatic rings. The van der Waals surface area contributed by atoms with Gasteiger partial charge in [-0.3, -0.25) is 0 Å². The third-order valence-corrected chi connectivity index (χ3v) is 4.92. The second kappa shape index (κ2) is 6.69. The van der Waals surface area contributed by atoms with E-state index in [-0.39, 0.29) is 6.10 Å². The first-order chi connectivity index (χ1) is 11.0. The predicted molar refractivity (Wildman–Crippen MR) is 101 cm³/mol. The fourth-order valence-electron chi connectivity index (χ4n) is 3.00. The van der Waals surface area contributed by atoms with Crippen LogP contribution in [0.4, 0.5) is 0 Å². The van der Waals surface area contributed by atoms with Gasteiger partial charge < -0.3 is 4.43 Å². The molecule has 118 valence electrons. The van der Waals surface area contributed by atoms with Crippen LogP contribution in [-0.4, -0.2) is 8.32 Å². The fraction of sp³-hybridized carbons (Fsp3) is 0.238. The van der Waals surface area contributed by atoms with Crippen LogP contribution >= 0.6 is 0 Å². The van der Waals surface area contributed by atoms with Crippen molar-refractivity contribution < 1.29 is 4.43 Å². The minimum atomic E-state index is -1.64. The molecule has 1 unspecified atom stereocenters. The second-order valence-electron chi connectivity index (χ2n) is 6.98. The molecule has 0 aliphatic carbocycles. The van der Waals surface area contributed by atoms with E-state index >= 15 is 0 Å². The average molecular weight is 321 g/mol. The van der Waals surface area contributed by atoms with Crippen LogP contribution in [0.5, 0.6) is 0 Å². The zero-order chi connectivity index (χ0) is 16.3. The van der Waals surface area contributed by atoms with Crippen LogP contribution < -0.4 is 0 Å². The molecule has 0 saturated carbocycles. The number of rotatable bonds is 5. The Labute approximate surface area is 140 Å². The summed E-state index contributed by atoms with van der Waals surface area (Å²) in [7, 11) is -1.64. The van der Waals surface area contributed by atoms with Crippen LogP contribution in [0.25, 0.3) is 10.8 Å². The molecule has 0 spiro atoms. The molecule has 0 aliphatic rings. The maximum atomic E-state index is 6.57. The zero-order valence-corrected chi connectivity index (χ0v) is 15.1. The van der Waals surface area contributed by atoms with Crippen LogP contribution in [0, 0.1) is 0 Å². The fourth-order valence-corrected chi connectivity index (χ4v) is 4.07. The van der Waals surface area contributed by atoms with Gasteiger partial charge in [-0.05, 0) is 41.5 Å². The van der Waals surface area contributed by atoms with Crippen molar-refractivity contribution in [3.63, 3.8) is 0 Å². The predicted octanol–water partition coefficient (Wildman–Crippen LogP) is 5.98. The standard InChI is InChI=1S/C21H24OSi/c1-23(2,3)22-21(16-17-10-5-4-6-11-17)20-15-9-13-18-12-7-8-14-19(18)20/h4-15,21H,16H2,1-3H3. The number of hydrogen-bond donors (Lipinski definition) is 0. The Bertz CT molecular complexity index is 769. The van der Waals surface area contributed by atoms with Gasteiger partial charge in [0.15, 0.2) is 8.32 Å². The molecule has 0 bridgehead atoms. The highest BCUT2D eigenvalue weighted by Crippen LogP contribution is 2.31. The molecule has 23 heavy (non-hydrogen) atoms. The van der Waals surface area contributed by atoms with E-state index in [1.165, 1.54) is 21.9 Å². The smallest absolute Gasteiger partial charge is 0.184 e. The molecule has 1 atom stereocenters. The van der Waals surface area contributed by atoms with Crippen LogP contribution in [0.3, 0.4) is 0 Å². The molecule has 0 heterocycles. The summed E-state index contributed by atoms with van der Waals surface area (Å²) in [6.45, 7) is 6.78. The molecule has 0 saturated heterocycles. The number of hydrogen-bond acceptors (Lipinski definition) is 1. The van der Waals surface area contributed by atoms with Gasteiger partial charge in [-0.25, -0.2) is 0 Å². The van der Waals surface area contributed by atoms with Gasteiger partial charge in [-0.1, -0.05) is 72.8 Å². The van der Waals surface area contributed by atoms with Crippen molar-refractivity contribution in [1.29, 1.82) is 0 Å². The molecule has 0 N–H and O–H groups in total. The minimum Gasteiger partial charge on any atom is -0.410 e. The maximum absolute atomic E-state index is 6.57. The van der Waals surface area contributed by atoms with Crippen LogP contribution in [0.1, 0.15) is 17.2 Å². The van der Waals surface area contributed by atoms with Gasteiger partial charge >= 0.3 is 0 Å². The van der Waals surface area contributed by atoms with Crippen LogP contribution in [-0.2, 0) is 10.8 Å². The lowest BCUT2D eigenvalue weighted by atomic mass is 9.96. The lowest BCUT2D eigenvalue weighted by Crippen LogP contribution is -2.29. The van der Waals surface area contributed by atoms with E-state index in [0.29, 0.717) is 0 Å². The van der Waals surface area contributed by atoms with Crippen molar-refractivity contribution in [2.45, 2.75) is 32.2 Å². The minimum absolute atomic E-state index is 0.107. The van der Waals surface area contributed by atoms with Crippen molar-refractivity contribution in [2.75, 3.05) is 0 Å². The van der Waals surface area contributed by atoms with Gasteiger partial charge in [0.1, 0.15) is 0 Å². The van der Waals surface area contributed by atoms with Crippen molar-refractivity contribution in [3.8, 4) is 0 Å². The van der Waals surface area contributed by atoms with Crippen molar-refractivity contribution in [3.05, 3.63) is 83.9 Å². The largest absolute Gasteiger partial charge is 0.410 e. The number of benzene rings is 3. The van der Waals surface area contributed by atoms with Gasteiger partial charge in [0.25, 0.3) is 0 Å². The zero-order valence-electron chi connectivity index (χ0n) is 14.1. The number of fused-ring (bicyclic) bond motifs is 1. The summed E-state index contributed by atoms with van der Waals surface area (Å²) in [5.74, 6) is 0. The quantitative estimate of drug-likeness (QED) is 0.526. The molecule has 3 aromatic carbocycles. The Kier molecular flexibility index (Phi) is 4.65. The van der Waals surface area contributed by atoms with Crippen molar-refractivity contribution in [2.24, 2.45) is 0 Å². The third-order valence-electron chi connectivity index (χ3n) is 3.93. The summed E-state index contributed by atoms with van der Waals surface area (Å²) in [4.78, 5) is 0. The molecular formula is C21H24OSi. The van der Waals surface area contributed by atoms with Gasteiger partial charge in [-0.2, -0.15) is 0 Å². The summed E-state index contributed by atoms with van der Waals surface area (Å²) in [5, 5.41) is 2.58. The third kappa shape index (κ3) is 4.09. The topological polar surface area (TPSA) is 9.23 Å². The molecule has 3 rings (SSSR count). The molecule has 0 aromatic heterocycles. The van der Waals surface area contributed by atoms with E-state index in [9.17, 15) is 0 Å². The molecule has 0 fully saturated rings. The van der Waals surface area contributed by atoms with E-state index in [4.69, 9.17) is 4.43 Å². The highest BCUT2D eigenvalue weighted by Gasteiger charge is 2.24. The summed E-state index contributed by atoms with van der Waals surface area (Å²) >= 11 is 0. The normalized spacial score (nSPS) is 13.2. The molecule has 0 amide bonds. The summed E-state index contributed by atoms with van der Waals surface area (Å²) in [6.07, 6.45) is 1.02. The van der Waals surface area contributed by atoms with Crippen molar-refractivity contribution >= 4 is 19.1 Å². The molecule has 0 aliphatic heterocycles. The van der Waals surface area contributed by atoms with E-state index in [1.54, 1.807) is 0 Å². The van der Waals surface area contributed by atoms with Crippen LogP contribution in [0.15, 0.2) is 72.8 Å². The summed E-state index contributed by atoms with van der Waals surface area (Å²) in [5.41, 5.74) is 2.62. The molecule has 2 heteroatoms. The Morgan fingerprint density at radius 1 is 0.783 bits per heavy atom. The second-order valence-corrected chi connectivity index (χ2v) is 11.4. The van der Waals surface area contributed by atoms with Gasteiger partial charge in [0.05, 0.1) is 6.10 Å². The van der Waals surface area contributed by atoms with E-state index in [2.05, 4.69) is 92.4 Å². The molecular weight excluding hydrogens is 296 g/mol. The van der Waals surface area contributed by atoms with E-state index in [1.807, 2.05) is 0 Å². The highest BCUT2D eigenvalue weighted by molar-refractivity contribution is 6.69. The van der Waals surface area contributed by atoms with Gasteiger partial charge in [0, 0.05) is 6.42 Å². The van der Waals surface area contributed by atoms with Gasteiger partial charge in [-0.15, -0.1) is 0 Å². The Hall–Kier alpha value is -1.90. The lowest BCUT2D eigenvalue weighted by Gasteiger charge is -2.28. The molecule has 0 radical (unpaired) electrons. The SMILES string of the molecule is C[Si](C)(C)OC(Cc1ccccc1)c1cccc2ccccc12. The van der Waals surface area contributed by atoms with Gasteiger partial charge in [0.2, 0.25) is 0 Å². The Morgan fingerprint density at radius 2 is 1.43 bits per heavy atom. The monoisotopic (exact) mass is 320 g/mol. The Morgan fingerprint density at radius 3 is 2.17 bits per heavy atom.